The van der Waals surface area contributed by atoms with E-state index in [4.69, 9.17) is 0 Å². The number of allylic oxidation sites excluding steroid dienone is 3. The maximum absolute atomic E-state index is 11.3. The van der Waals surface area contributed by atoms with E-state index in [-0.39, 0.29) is 11.1 Å². The van der Waals surface area contributed by atoms with Crippen LogP contribution in [0.15, 0.2) is 48.1 Å². The van der Waals surface area contributed by atoms with Gasteiger partial charge in [0.05, 0.1) is 0 Å². The fourth-order valence-corrected chi connectivity index (χ4v) is 0.795. The van der Waals surface area contributed by atoms with Gasteiger partial charge in [0.1, 0.15) is 0 Å². The average Bonchev–Trinajstić information content (AvgIpc) is 2.52. The summed E-state index contributed by atoms with van der Waals surface area (Å²) in [6, 6.07) is 0. The van der Waals surface area contributed by atoms with Crippen LogP contribution >= 0.6 is 0 Å². The van der Waals surface area contributed by atoms with Gasteiger partial charge in [-0.25, -0.2) is 38.7 Å². The highest BCUT2D eigenvalue weighted by molar-refractivity contribution is 5.93. The second kappa shape index (κ2) is 10.6. The van der Waals surface area contributed by atoms with Gasteiger partial charge in [-0.15, -0.1) is 0 Å². The molecule has 0 aliphatic heterocycles. The molecule has 0 fully saturated rings. The number of carbonyl (C=O) groups is 4. The Bertz CT molecular complexity index is 580. The van der Waals surface area contributed by atoms with Gasteiger partial charge in [0.25, 0.3) is 0 Å². The van der Waals surface area contributed by atoms with Gasteiger partial charge in [0.15, 0.2) is 0 Å². The van der Waals surface area contributed by atoms with Gasteiger partial charge in [-0.1, -0.05) is 24.8 Å². The Balaban J connectivity index is 4.24. The molecule has 124 valence electrons. The summed E-state index contributed by atoms with van der Waals surface area (Å²) >= 11 is 0. The molecular weight excluding hydrogens is 308 g/mol. The third-order valence-electron chi connectivity index (χ3n) is 1.96. The lowest BCUT2D eigenvalue weighted by Gasteiger charge is -2.00. The zero-order valence-corrected chi connectivity index (χ0v) is 12.9. The molecule has 0 aromatic heterocycles. The average molecular weight is 324 g/mol. The molecule has 0 aromatic carbocycles. The first-order chi connectivity index (χ1) is 10.8. The molecule has 0 aromatic rings. The summed E-state index contributed by atoms with van der Waals surface area (Å²) in [5.74, 6) is -4.10. The first-order valence-corrected chi connectivity index (χ1v) is 6.26. The first-order valence-electron chi connectivity index (χ1n) is 6.26. The van der Waals surface area contributed by atoms with Crippen LogP contribution in [0.5, 0.6) is 0 Å². The molecular formula is C15H16O8. The molecule has 0 aliphatic rings. The maximum Gasteiger partial charge on any atom is 0.382 e. The Morgan fingerprint density at radius 2 is 1.30 bits per heavy atom. The van der Waals surface area contributed by atoms with Crippen LogP contribution in [-0.4, -0.2) is 23.9 Å². The molecule has 0 aliphatic carbocycles. The zero-order valence-electron chi connectivity index (χ0n) is 12.9. The molecule has 0 unspecified atom stereocenters. The standard InChI is InChI=1S/C15H16O8/c1-5-6-7-11(4)15(19)23-21-13(17)9-8-12(16)20-22-14(18)10(2)3/h5-9H,2H2,1,3-4H3/b6-5+,9-8+,11-7+. The lowest BCUT2D eigenvalue weighted by molar-refractivity contribution is -0.252. The largest absolute Gasteiger partial charge is 0.382 e. The van der Waals surface area contributed by atoms with E-state index in [1.54, 1.807) is 19.1 Å². The van der Waals surface area contributed by atoms with Crippen molar-refractivity contribution in [3.63, 3.8) is 0 Å². The Labute approximate surface area is 132 Å². The summed E-state index contributed by atoms with van der Waals surface area (Å²) < 4.78 is 0. The molecule has 8 nitrogen and oxygen atoms in total. The molecule has 8 heteroatoms. The fourth-order valence-electron chi connectivity index (χ4n) is 0.795. The van der Waals surface area contributed by atoms with Gasteiger partial charge >= 0.3 is 23.9 Å². The molecule has 0 atom stereocenters. The Morgan fingerprint density at radius 3 is 1.74 bits per heavy atom. The van der Waals surface area contributed by atoms with Crippen LogP contribution in [0.3, 0.4) is 0 Å². The van der Waals surface area contributed by atoms with Gasteiger partial charge in [0.2, 0.25) is 0 Å². The van der Waals surface area contributed by atoms with Gasteiger partial charge in [-0.05, 0) is 20.8 Å². The third kappa shape index (κ3) is 9.40. The van der Waals surface area contributed by atoms with E-state index >= 15 is 0 Å². The van der Waals surface area contributed by atoms with Crippen molar-refractivity contribution in [3.05, 3.63) is 48.1 Å². The van der Waals surface area contributed by atoms with E-state index in [9.17, 15) is 19.2 Å². The maximum atomic E-state index is 11.3. The van der Waals surface area contributed by atoms with E-state index in [2.05, 4.69) is 26.1 Å². The second-order valence-corrected chi connectivity index (χ2v) is 4.04. The minimum Gasteiger partial charge on any atom is -0.242 e. The van der Waals surface area contributed by atoms with E-state index in [0.717, 1.165) is 0 Å². The molecule has 0 N–H and O–H groups in total. The van der Waals surface area contributed by atoms with Crippen molar-refractivity contribution >= 4 is 23.9 Å². The number of carbonyl (C=O) groups excluding carboxylic acids is 4. The van der Waals surface area contributed by atoms with Crippen molar-refractivity contribution in [2.75, 3.05) is 0 Å². The van der Waals surface area contributed by atoms with E-state index in [0.29, 0.717) is 12.2 Å². The van der Waals surface area contributed by atoms with E-state index in [1.165, 1.54) is 19.9 Å². The molecule has 0 radical (unpaired) electrons. The van der Waals surface area contributed by atoms with Crippen LogP contribution in [0, 0.1) is 0 Å². The van der Waals surface area contributed by atoms with Gasteiger partial charge in [0, 0.05) is 23.3 Å². The van der Waals surface area contributed by atoms with Crippen molar-refractivity contribution < 1.29 is 38.7 Å². The van der Waals surface area contributed by atoms with Crippen molar-refractivity contribution in [2.45, 2.75) is 20.8 Å². The predicted molar refractivity (Wildman–Crippen MR) is 76.9 cm³/mol. The monoisotopic (exact) mass is 324 g/mol. The quantitative estimate of drug-likeness (QED) is 0.325. The molecule has 23 heavy (non-hydrogen) atoms. The summed E-state index contributed by atoms with van der Waals surface area (Å²) in [6.07, 6.45) is 5.98. The minimum atomic E-state index is -1.15. The Hall–Kier alpha value is -3.16. The number of rotatable bonds is 5. The summed E-state index contributed by atoms with van der Waals surface area (Å²) in [7, 11) is 0. The van der Waals surface area contributed by atoms with E-state index in [1.807, 2.05) is 0 Å². The third-order valence-corrected chi connectivity index (χ3v) is 1.96. The molecule has 0 amide bonds. The summed E-state index contributed by atoms with van der Waals surface area (Å²) in [4.78, 5) is 61.1. The topological polar surface area (TPSA) is 105 Å². The van der Waals surface area contributed by atoms with Gasteiger partial charge in [-0.3, -0.25) is 0 Å². The Kier molecular flexibility index (Phi) is 9.10. The van der Waals surface area contributed by atoms with Crippen LogP contribution in [0.4, 0.5) is 0 Å². The SMILES string of the molecule is C=C(C)C(=O)OOC(=O)/C=C/C(=O)OOC(=O)/C(C)=C/C=C/C. The summed E-state index contributed by atoms with van der Waals surface area (Å²) in [5, 5.41) is 0. The highest BCUT2D eigenvalue weighted by Gasteiger charge is 2.11. The van der Waals surface area contributed by atoms with Crippen LogP contribution in [0.25, 0.3) is 0 Å². The van der Waals surface area contributed by atoms with Gasteiger partial charge in [-0.2, -0.15) is 0 Å². The normalized spacial score (nSPS) is 11.2. The predicted octanol–water partition coefficient (Wildman–Crippen LogP) is 1.64. The van der Waals surface area contributed by atoms with Crippen molar-refractivity contribution in [3.8, 4) is 0 Å². The molecule has 0 bridgehead atoms. The first kappa shape index (κ1) is 19.8. The number of hydrogen-bond acceptors (Lipinski definition) is 8. The minimum absolute atomic E-state index is 0.0226. The van der Waals surface area contributed by atoms with Crippen LogP contribution in [-0.2, 0) is 38.7 Å². The molecule has 0 heterocycles. The van der Waals surface area contributed by atoms with Crippen molar-refractivity contribution in [1.29, 1.82) is 0 Å². The summed E-state index contributed by atoms with van der Waals surface area (Å²) in [6.45, 7) is 7.83. The lowest BCUT2D eigenvalue weighted by Crippen LogP contribution is -2.12. The van der Waals surface area contributed by atoms with Crippen LogP contribution in [0.2, 0.25) is 0 Å². The van der Waals surface area contributed by atoms with E-state index < -0.39 is 23.9 Å². The molecule has 0 saturated carbocycles. The van der Waals surface area contributed by atoms with Crippen LogP contribution < -0.4 is 0 Å². The smallest absolute Gasteiger partial charge is 0.242 e. The molecule has 0 saturated heterocycles. The Morgan fingerprint density at radius 1 is 0.826 bits per heavy atom. The highest BCUT2D eigenvalue weighted by Crippen LogP contribution is 1.99. The highest BCUT2D eigenvalue weighted by atomic mass is 17.2. The molecule has 0 spiro atoms. The molecule has 0 rings (SSSR count). The lowest BCUT2D eigenvalue weighted by atomic mass is 10.3. The van der Waals surface area contributed by atoms with Gasteiger partial charge < -0.3 is 0 Å². The van der Waals surface area contributed by atoms with Crippen molar-refractivity contribution in [2.24, 2.45) is 0 Å². The van der Waals surface area contributed by atoms with Crippen molar-refractivity contribution in [1.82, 2.24) is 0 Å². The zero-order chi connectivity index (χ0) is 17.8. The van der Waals surface area contributed by atoms with Crippen LogP contribution in [0.1, 0.15) is 20.8 Å². The number of hydrogen-bond donors (Lipinski definition) is 0. The fraction of sp³-hybridized carbons (Fsp3) is 0.200. The summed E-state index contributed by atoms with van der Waals surface area (Å²) in [5.41, 5.74) is 0.223. The second-order valence-electron chi connectivity index (χ2n) is 4.04.